The number of hydrogen-bond donors (Lipinski definition) is 2. The summed E-state index contributed by atoms with van der Waals surface area (Å²) in [5.74, 6) is 0.0411. The van der Waals surface area contributed by atoms with Crippen LogP contribution < -0.4 is 15.8 Å². The lowest BCUT2D eigenvalue weighted by molar-refractivity contribution is -0.274. The first-order valence-corrected chi connectivity index (χ1v) is 8.50. The lowest BCUT2D eigenvalue weighted by atomic mass is 10.0. The predicted molar refractivity (Wildman–Crippen MR) is 94.3 cm³/mol. The molecule has 0 aromatic heterocycles. The average molecular weight is 374 g/mol. The summed E-state index contributed by atoms with van der Waals surface area (Å²) in [5, 5.41) is 2.69. The Morgan fingerprint density at radius 1 is 1.31 bits per heavy atom. The number of para-hydroxylation sites is 2. The Morgan fingerprint density at radius 3 is 2.58 bits per heavy atom. The van der Waals surface area contributed by atoms with Crippen molar-refractivity contribution in [3.05, 3.63) is 24.3 Å². The van der Waals surface area contributed by atoms with Crippen LogP contribution in [-0.2, 0) is 4.74 Å². The van der Waals surface area contributed by atoms with E-state index in [1.807, 2.05) is 0 Å². The van der Waals surface area contributed by atoms with Crippen molar-refractivity contribution in [1.29, 1.82) is 0 Å². The molecule has 1 unspecified atom stereocenters. The number of morpholine rings is 1. The highest BCUT2D eigenvalue weighted by Gasteiger charge is 2.32. The van der Waals surface area contributed by atoms with Gasteiger partial charge in [0.25, 0.3) is 0 Å². The van der Waals surface area contributed by atoms with Gasteiger partial charge >= 0.3 is 6.36 Å². The molecule has 146 valence electrons. The van der Waals surface area contributed by atoms with E-state index in [1.54, 1.807) is 6.07 Å². The Hall–Kier alpha value is -2.00. The van der Waals surface area contributed by atoms with E-state index in [0.717, 1.165) is 13.1 Å². The molecule has 1 aromatic rings. The number of nitrogens with zero attached hydrogens (tertiary/aromatic N) is 2. The largest absolute Gasteiger partial charge is 0.573 e. The number of nitrogens with two attached hydrogens (primary N) is 1. The zero-order chi connectivity index (χ0) is 19.2. The van der Waals surface area contributed by atoms with Gasteiger partial charge in [0.2, 0.25) is 0 Å². The number of benzene rings is 1. The topological polar surface area (TPSA) is 72.1 Å². The molecule has 1 aliphatic heterocycles. The van der Waals surface area contributed by atoms with Crippen molar-refractivity contribution < 1.29 is 22.6 Å². The van der Waals surface area contributed by atoms with Gasteiger partial charge in [-0.05, 0) is 18.1 Å². The summed E-state index contributed by atoms with van der Waals surface area (Å²) < 4.78 is 46.8. The molecule has 3 N–H and O–H groups in total. The van der Waals surface area contributed by atoms with Crippen LogP contribution >= 0.6 is 0 Å². The molecule has 26 heavy (non-hydrogen) atoms. The number of hydrogen-bond acceptors (Lipinski definition) is 4. The van der Waals surface area contributed by atoms with Crippen LogP contribution in [0.1, 0.15) is 13.8 Å². The summed E-state index contributed by atoms with van der Waals surface area (Å²) in [6, 6.07) is 5.89. The molecule has 1 saturated heterocycles. The van der Waals surface area contributed by atoms with Gasteiger partial charge in [-0.2, -0.15) is 0 Å². The van der Waals surface area contributed by atoms with Crippen molar-refractivity contribution in [2.75, 3.05) is 38.2 Å². The molecule has 0 bridgehead atoms. The van der Waals surface area contributed by atoms with Crippen molar-refractivity contribution in [1.82, 2.24) is 4.90 Å². The van der Waals surface area contributed by atoms with Gasteiger partial charge in [-0.15, -0.1) is 13.2 Å². The van der Waals surface area contributed by atoms with Crippen molar-refractivity contribution in [3.8, 4) is 5.75 Å². The van der Waals surface area contributed by atoms with Gasteiger partial charge in [0.1, 0.15) is 0 Å². The summed E-state index contributed by atoms with van der Waals surface area (Å²) in [5.41, 5.74) is 5.98. The number of guanidine groups is 1. The number of anilines is 1. The zero-order valence-corrected chi connectivity index (χ0v) is 14.9. The smallest absolute Gasteiger partial charge is 0.404 e. The van der Waals surface area contributed by atoms with Crippen molar-refractivity contribution in [2.45, 2.75) is 26.3 Å². The van der Waals surface area contributed by atoms with Gasteiger partial charge in [-0.1, -0.05) is 26.0 Å². The molecule has 0 spiro atoms. The molecule has 0 aliphatic carbocycles. The first kappa shape index (κ1) is 20.3. The number of alkyl halides is 3. The Bertz CT molecular complexity index is 602. The number of nitrogens with one attached hydrogen (secondary N) is 1. The van der Waals surface area contributed by atoms with E-state index < -0.39 is 6.36 Å². The van der Waals surface area contributed by atoms with Crippen LogP contribution in [0.25, 0.3) is 0 Å². The molecule has 2 rings (SSSR count). The Kier molecular flexibility index (Phi) is 7.10. The van der Waals surface area contributed by atoms with Crippen molar-refractivity contribution in [2.24, 2.45) is 16.6 Å². The fraction of sp³-hybridized carbons (Fsp3) is 0.588. The third kappa shape index (κ3) is 6.38. The summed E-state index contributed by atoms with van der Waals surface area (Å²) >= 11 is 0. The van der Waals surface area contributed by atoms with Crippen LogP contribution in [-0.4, -0.2) is 56.1 Å². The Morgan fingerprint density at radius 2 is 1.96 bits per heavy atom. The Balaban J connectivity index is 2.03. The zero-order valence-electron chi connectivity index (χ0n) is 14.9. The quantitative estimate of drug-likeness (QED) is 0.592. The molecule has 0 amide bonds. The minimum absolute atomic E-state index is 0.0436. The molecule has 1 aromatic carbocycles. The second-order valence-electron chi connectivity index (χ2n) is 6.35. The monoisotopic (exact) mass is 374 g/mol. The summed E-state index contributed by atoms with van der Waals surface area (Å²) in [4.78, 5) is 6.62. The molecular formula is C17H25F3N4O2. The second-order valence-corrected chi connectivity index (χ2v) is 6.35. The van der Waals surface area contributed by atoms with Gasteiger partial charge < -0.3 is 20.5 Å². The number of aliphatic imine (C=N–C) groups is 1. The average Bonchev–Trinajstić information content (AvgIpc) is 2.56. The van der Waals surface area contributed by atoms with Gasteiger partial charge in [0.05, 0.1) is 25.4 Å². The molecule has 1 heterocycles. The molecule has 1 fully saturated rings. The van der Waals surface area contributed by atoms with E-state index in [0.29, 0.717) is 25.7 Å². The highest BCUT2D eigenvalue weighted by atomic mass is 19.4. The third-order valence-corrected chi connectivity index (χ3v) is 4.11. The van der Waals surface area contributed by atoms with Crippen LogP contribution in [0.5, 0.6) is 5.75 Å². The lowest BCUT2D eigenvalue weighted by Gasteiger charge is -2.36. The van der Waals surface area contributed by atoms with Crippen LogP contribution in [0.15, 0.2) is 29.3 Å². The highest BCUT2D eigenvalue weighted by molar-refractivity contribution is 5.93. The van der Waals surface area contributed by atoms with E-state index in [9.17, 15) is 13.2 Å². The highest BCUT2D eigenvalue weighted by Crippen LogP contribution is 2.29. The summed E-state index contributed by atoms with van der Waals surface area (Å²) in [6.07, 6.45) is -4.78. The van der Waals surface area contributed by atoms with E-state index in [2.05, 4.69) is 33.8 Å². The molecule has 1 aliphatic rings. The van der Waals surface area contributed by atoms with Gasteiger partial charge in [0, 0.05) is 19.1 Å². The minimum Gasteiger partial charge on any atom is -0.404 e. The maximum atomic E-state index is 12.5. The van der Waals surface area contributed by atoms with Crippen LogP contribution in [0.3, 0.4) is 0 Å². The van der Waals surface area contributed by atoms with Crippen LogP contribution in [0.2, 0.25) is 0 Å². The molecule has 9 heteroatoms. The summed E-state index contributed by atoms with van der Waals surface area (Å²) in [7, 11) is 0. The van der Waals surface area contributed by atoms with E-state index in [4.69, 9.17) is 10.5 Å². The van der Waals surface area contributed by atoms with E-state index in [1.165, 1.54) is 18.2 Å². The number of ether oxygens (including phenoxy) is 2. The molecular weight excluding hydrogens is 349 g/mol. The van der Waals surface area contributed by atoms with Crippen LogP contribution in [0.4, 0.5) is 18.9 Å². The molecule has 6 nitrogen and oxygen atoms in total. The SMILES string of the molecule is CC(C)C(CN=C(N)Nc1ccccc1OC(F)(F)F)N1CCOCC1. The maximum absolute atomic E-state index is 12.5. The number of rotatable bonds is 6. The van der Waals surface area contributed by atoms with Crippen molar-refractivity contribution >= 4 is 11.6 Å². The predicted octanol–water partition coefficient (Wildman–Crippen LogP) is 2.67. The Labute approximate surface area is 151 Å². The van der Waals surface area contributed by atoms with Gasteiger partial charge in [0.15, 0.2) is 11.7 Å². The molecule has 1 atom stereocenters. The third-order valence-electron chi connectivity index (χ3n) is 4.11. The van der Waals surface area contributed by atoms with Gasteiger partial charge in [-0.3, -0.25) is 9.89 Å². The van der Waals surface area contributed by atoms with E-state index >= 15 is 0 Å². The van der Waals surface area contributed by atoms with E-state index in [-0.39, 0.29) is 23.4 Å². The fourth-order valence-corrected chi connectivity index (χ4v) is 2.81. The maximum Gasteiger partial charge on any atom is 0.573 e. The molecule has 0 saturated carbocycles. The minimum atomic E-state index is -4.78. The normalized spacial score (nSPS) is 18.0. The number of halogens is 3. The molecule has 0 radical (unpaired) electrons. The summed E-state index contributed by atoms with van der Waals surface area (Å²) in [6.45, 7) is 7.67. The standard InChI is InChI=1S/C17H25F3N4O2/c1-12(2)14(24-7-9-25-10-8-24)11-22-16(21)23-13-5-3-4-6-15(13)26-17(18,19)20/h3-6,12,14H,7-11H2,1-2H3,(H3,21,22,23). The van der Waals surface area contributed by atoms with Gasteiger partial charge in [-0.25, -0.2) is 0 Å². The lowest BCUT2D eigenvalue weighted by Crippen LogP contribution is -2.47. The van der Waals surface area contributed by atoms with Crippen molar-refractivity contribution in [3.63, 3.8) is 0 Å². The first-order chi connectivity index (χ1) is 12.3. The van der Waals surface area contributed by atoms with Crippen LogP contribution in [0, 0.1) is 5.92 Å². The first-order valence-electron chi connectivity index (χ1n) is 8.50. The second kappa shape index (κ2) is 9.09. The fourth-order valence-electron chi connectivity index (χ4n) is 2.81.